The number of aromatic amines is 1. The molecule has 0 aliphatic heterocycles. The highest BCUT2D eigenvalue weighted by atomic mass is 32.2. The number of imidazole rings is 1. The molecule has 0 aliphatic rings. The van der Waals surface area contributed by atoms with E-state index in [1.807, 2.05) is 24.3 Å². The highest BCUT2D eigenvalue weighted by molar-refractivity contribution is 7.99. The molecule has 3 aromatic rings. The molecule has 0 atom stereocenters. The van der Waals surface area contributed by atoms with Crippen molar-refractivity contribution in [3.8, 4) is 0 Å². The fourth-order valence-corrected chi connectivity index (χ4v) is 2.55. The SMILES string of the molecule is Nc1ncnc(Sc2nc3ccccc3[nH]2)c1[N+](=O)[O-]. The van der Waals surface area contributed by atoms with Crippen LogP contribution in [0.1, 0.15) is 0 Å². The van der Waals surface area contributed by atoms with Gasteiger partial charge in [0.2, 0.25) is 5.82 Å². The number of anilines is 1. The van der Waals surface area contributed by atoms with Gasteiger partial charge in [-0.15, -0.1) is 0 Å². The van der Waals surface area contributed by atoms with Gasteiger partial charge < -0.3 is 10.7 Å². The van der Waals surface area contributed by atoms with Crippen molar-refractivity contribution in [2.24, 2.45) is 0 Å². The molecule has 0 radical (unpaired) electrons. The van der Waals surface area contributed by atoms with Gasteiger partial charge in [0, 0.05) is 0 Å². The second kappa shape index (κ2) is 4.78. The third kappa shape index (κ3) is 2.14. The molecule has 0 amide bonds. The Bertz CT molecular complexity index is 769. The van der Waals surface area contributed by atoms with Crippen LogP contribution in [0.3, 0.4) is 0 Å². The molecule has 0 saturated carbocycles. The fourth-order valence-electron chi connectivity index (χ4n) is 1.69. The minimum atomic E-state index is -0.597. The van der Waals surface area contributed by atoms with E-state index in [0.717, 1.165) is 22.8 Å². The van der Waals surface area contributed by atoms with E-state index in [2.05, 4.69) is 19.9 Å². The van der Waals surface area contributed by atoms with E-state index < -0.39 is 4.92 Å². The van der Waals surface area contributed by atoms with E-state index in [1.54, 1.807) is 0 Å². The number of nitrogens with zero attached hydrogens (tertiary/aromatic N) is 4. The molecule has 0 spiro atoms. The van der Waals surface area contributed by atoms with Crippen molar-refractivity contribution in [3.05, 3.63) is 40.7 Å². The lowest BCUT2D eigenvalue weighted by atomic mass is 10.3. The Labute approximate surface area is 116 Å². The molecule has 3 rings (SSSR count). The molecule has 3 N–H and O–H groups in total. The summed E-state index contributed by atoms with van der Waals surface area (Å²) in [4.78, 5) is 25.3. The minimum absolute atomic E-state index is 0.154. The number of fused-ring (bicyclic) bond motifs is 1. The highest BCUT2D eigenvalue weighted by Gasteiger charge is 2.22. The number of nitrogens with two attached hydrogens (primary N) is 1. The number of nitro groups is 1. The second-order valence-corrected chi connectivity index (χ2v) is 4.81. The Balaban J connectivity index is 2.02. The number of hydrogen-bond acceptors (Lipinski definition) is 7. The molecule has 0 bridgehead atoms. The molecule has 0 aliphatic carbocycles. The third-order valence-corrected chi connectivity index (χ3v) is 3.44. The van der Waals surface area contributed by atoms with Crippen LogP contribution in [0, 0.1) is 10.1 Å². The van der Waals surface area contributed by atoms with Gasteiger partial charge in [-0.1, -0.05) is 12.1 Å². The van der Waals surface area contributed by atoms with Crippen LogP contribution in [-0.4, -0.2) is 24.9 Å². The molecule has 0 fully saturated rings. The summed E-state index contributed by atoms with van der Waals surface area (Å²) in [6.07, 6.45) is 1.19. The average molecular weight is 288 g/mol. The van der Waals surface area contributed by atoms with Gasteiger partial charge in [0.05, 0.1) is 16.0 Å². The van der Waals surface area contributed by atoms with Crippen molar-refractivity contribution in [1.82, 2.24) is 19.9 Å². The summed E-state index contributed by atoms with van der Waals surface area (Å²) in [5, 5.41) is 11.7. The Morgan fingerprint density at radius 1 is 1.30 bits per heavy atom. The molecule has 100 valence electrons. The van der Waals surface area contributed by atoms with Crippen LogP contribution in [0.2, 0.25) is 0 Å². The summed E-state index contributed by atoms with van der Waals surface area (Å²) < 4.78 is 0. The van der Waals surface area contributed by atoms with Crippen LogP contribution in [0.4, 0.5) is 11.5 Å². The normalized spacial score (nSPS) is 10.8. The number of hydrogen-bond donors (Lipinski definition) is 2. The molecule has 0 saturated heterocycles. The van der Waals surface area contributed by atoms with Crippen molar-refractivity contribution in [3.63, 3.8) is 0 Å². The van der Waals surface area contributed by atoms with Crippen molar-refractivity contribution >= 4 is 34.3 Å². The number of aromatic nitrogens is 4. The van der Waals surface area contributed by atoms with E-state index in [0.29, 0.717) is 5.16 Å². The summed E-state index contributed by atoms with van der Waals surface area (Å²) in [7, 11) is 0. The number of benzene rings is 1. The predicted molar refractivity (Wildman–Crippen MR) is 73.3 cm³/mol. The lowest BCUT2D eigenvalue weighted by Crippen LogP contribution is -2.01. The standard InChI is InChI=1S/C11H8N6O2S/c12-9-8(17(18)19)10(14-5-13-9)20-11-15-6-3-1-2-4-7(6)16-11/h1-5H,(H,15,16)(H2,12,13,14). The van der Waals surface area contributed by atoms with Crippen molar-refractivity contribution in [2.75, 3.05) is 5.73 Å². The number of rotatable bonds is 3. The number of H-pyrrole nitrogens is 1. The summed E-state index contributed by atoms with van der Waals surface area (Å²) >= 11 is 1.04. The van der Waals surface area contributed by atoms with Crippen LogP contribution >= 0.6 is 11.8 Å². The first kappa shape index (κ1) is 12.4. The van der Waals surface area contributed by atoms with Gasteiger partial charge in [-0.3, -0.25) is 10.1 Å². The first-order valence-electron chi connectivity index (χ1n) is 5.52. The molecule has 9 heteroatoms. The van der Waals surface area contributed by atoms with Gasteiger partial charge in [0.15, 0.2) is 10.2 Å². The van der Waals surface area contributed by atoms with Crippen molar-refractivity contribution in [1.29, 1.82) is 0 Å². The van der Waals surface area contributed by atoms with Crippen molar-refractivity contribution < 1.29 is 4.92 Å². The molecule has 8 nitrogen and oxygen atoms in total. The smallest absolute Gasteiger partial charge is 0.343 e. The predicted octanol–water partition coefficient (Wildman–Crippen LogP) is 1.99. The molecule has 2 heterocycles. The number of nitrogen functional groups attached to an aromatic ring is 1. The zero-order valence-electron chi connectivity index (χ0n) is 9.98. The van der Waals surface area contributed by atoms with Crippen LogP contribution in [0.25, 0.3) is 11.0 Å². The first-order chi connectivity index (χ1) is 9.65. The monoisotopic (exact) mass is 288 g/mol. The van der Waals surface area contributed by atoms with Crippen molar-refractivity contribution in [2.45, 2.75) is 10.2 Å². The van der Waals surface area contributed by atoms with Gasteiger partial charge in [-0.2, -0.15) is 0 Å². The highest BCUT2D eigenvalue weighted by Crippen LogP contribution is 2.34. The Hall–Kier alpha value is -2.68. The van der Waals surface area contributed by atoms with Crippen LogP contribution in [-0.2, 0) is 0 Å². The zero-order valence-corrected chi connectivity index (χ0v) is 10.8. The summed E-state index contributed by atoms with van der Waals surface area (Å²) in [6.45, 7) is 0. The van der Waals surface area contributed by atoms with E-state index >= 15 is 0 Å². The average Bonchev–Trinajstić information content (AvgIpc) is 2.80. The molecular weight excluding hydrogens is 280 g/mol. The molecule has 20 heavy (non-hydrogen) atoms. The maximum atomic E-state index is 11.0. The van der Waals surface area contributed by atoms with Gasteiger partial charge in [-0.25, -0.2) is 15.0 Å². The zero-order chi connectivity index (χ0) is 14.1. The topological polar surface area (TPSA) is 124 Å². The van der Waals surface area contributed by atoms with E-state index in [-0.39, 0.29) is 16.5 Å². The number of para-hydroxylation sites is 2. The Morgan fingerprint density at radius 3 is 2.85 bits per heavy atom. The largest absolute Gasteiger partial charge is 0.378 e. The van der Waals surface area contributed by atoms with Crippen LogP contribution in [0.15, 0.2) is 40.8 Å². The van der Waals surface area contributed by atoms with Gasteiger partial charge >= 0.3 is 5.69 Å². The maximum absolute atomic E-state index is 11.0. The quantitative estimate of drug-likeness (QED) is 0.429. The number of nitrogens with one attached hydrogen (secondary N) is 1. The third-order valence-electron chi connectivity index (χ3n) is 2.56. The summed E-state index contributed by atoms with van der Waals surface area (Å²) in [5.41, 5.74) is 6.83. The first-order valence-corrected chi connectivity index (χ1v) is 6.34. The van der Waals surface area contributed by atoms with E-state index in [4.69, 9.17) is 5.73 Å². The Kier molecular flexibility index (Phi) is 2.95. The molecule has 2 aromatic heterocycles. The molecular formula is C11H8N6O2S. The fraction of sp³-hybridized carbons (Fsp3) is 0. The van der Waals surface area contributed by atoms with Gasteiger partial charge in [-0.05, 0) is 23.9 Å². The van der Waals surface area contributed by atoms with E-state index in [1.165, 1.54) is 6.33 Å². The lowest BCUT2D eigenvalue weighted by molar-refractivity contribution is -0.387. The summed E-state index contributed by atoms with van der Waals surface area (Å²) in [5.74, 6) is -0.163. The van der Waals surface area contributed by atoms with E-state index in [9.17, 15) is 10.1 Å². The Morgan fingerprint density at radius 2 is 2.10 bits per heavy atom. The maximum Gasteiger partial charge on any atom is 0.343 e. The molecule has 0 unspecified atom stereocenters. The summed E-state index contributed by atoms with van der Waals surface area (Å²) in [6, 6.07) is 7.45. The minimum Gasteiger partial charge on any atom is -0.378 e. The van der Waals surface area contributed by atoms with Gasteiger partial charge in [0.1, 0.15) is 6.33 Å². The molecule has 1 aromatic carbocycles. The van der Waals surface area contributed by atoms with Crippen LogP contribution in [0.5, 0.6) is 0 Å². The van der Waals surface area contributed by atoms with Crippen LogP contribution < -0.4 is 5.73 Å². The lowest BCUT2D eigenvalue weighted by Gasteiger charge is -2.00. The van der Waals surface area contributed by atoms with Gasteiger partial charge in [0.25, 0.3) is 0 Å². The second-order valence-electron chi connectivity index (χ2n) is 3.83.